The topological polar surface area (TPSA) is 108 Å². The number of imide groups is 1. The lowest BCUT2D eigenvalue weighted by Gasteiger charge is -2.31. The largest absolute Gasteiger partial charge is 0.360 e. The van der Waals surface area contributed by atoms with Crippen molar-refractivity contribution in [3.8, 4) is 0 Å². The van der Waals surface area contributed by atoms with Crippen molar-refractivity contribution in [2.45, 2.75) is 39.2 Å². The molecule has 0 atom stereocenters. The van der Waals surface area contributed by atoms with Crippen LogP contribution in [0.5, 0.6) is 0 Å². The van der Waals surface area contributed by atoms with Crippen molar-refractivity contribution in [2.24, 2.45) is 5.92 Å². The molecule has 9 heteroatoms. The zero-order valence-electron chi connectivity index (χ0n) is 15.4. The van der Waals surface area contributed by atoms with Gasteiger partial charge in [0, 0.05) is 25.1 Å². The molecule has 0 aliphatic carbocycles. The summed E-state index contributed by atoms with van der Waals surface area (Å²) in [5, 5.41) is 9.23. The molecule has 0 spiro atoms. The number of hydrogen-bond acceptors (Lipinski definition) is 6. The maximum absolute atomic E-state index is 12.3. The Morgan fingerprint density at radius 1 is 1.35 bits per heavy atom. The zero-order valence-corrected chi connectivity index (χ0v) is 15.4. The predicted molar refractivity (Wildman–Crippen MR) is 93.4 cm³/mol. The van der Waals surface area contributed by atoms with Crippen LogP contribution in [0.15, 0.2) is 10.6 Å². The summed E-state index contributed by atoms with van der Waals surface area (Å²) >= 11 is 0. The van der Waals surface area contributed by atoms with E-state index in [1.807, 2.05) is 0 Å². The number of nitrogens with one attached hydrogen (secondary N) is 2. The Hall–Kier alpha value is -2.42. The van der Waals surface area contributed by atoms with Crippen molar-refractivity contribution in [2.75, 3.05) is 31.5 Å². The fourth-order valence-corrected chi connectivity index (χ4v) is 3.33. The number of aryl methyl sites for hydroxylation is 1. The zero-order chi connectivity index (χ0) is 18.9. The molecule has 0 radical (unpaired) electrons. The molecule has 0 bridgehead atoms. The first kappa shape index (κ1) is 18.4. The quantitative estimate of drug-likeness (QED) is 0.755. The number of amides is 4. The van der Waals surface area contributed by atoms with E-state index in [-0.39, 0.29) is 23.8 Å². The Morgan fingerprint density at radius 3 is 2.58 bits per heavy atom. The smallest absolute Gasteiger partial charge is 0.325 e. The first-order chi connectivity index (χ1) is 12.3. The lowest BCUT2D eigenvalue weighted by atomic mass is 9.96. The molecule has 9 nitrogen and oxygen atoms in total. The fourth-order valence-electron chi connectivity index (χ4n) is 3.33. The molecule has 1 aromatic rings. The second kappa shape index (κ2) is 7.06. The van der Waals surface area contributed by atoms with Gasteiger partial charge in [0.05, 0.1) is 0 Å². The summed E-state index contributed by atoms with van der Waals surface area (Å²) in [6.07, 6.45) is 1.46. The van der Waals surface area contributed by atoms with Crippen LogP contribution in [-0.4, -0.2) is 64.5 Å². The molecule has 0 aromatic carbocycles. The fraction of sp³-hybridized carbons (Fsp3) is 0.647. The van der Waals surface area contributed by atoms with Gasteiger partial charge in [0.25, 0.3) is 5.91 Å². The molecule has 2 aliphatic heterocycles. The molecule has 3 heterocycles. The summed E-state index contributed by atoms with van der Waals surface area (Å²) in [7, 11) is 0. The molecule has 142 valence electrons. The van der Waals surface area contributed by atoms with Gasteiger partial charge in [0.15, 0.2) is 5.82 Å². The maximum Gasteiger partial charge on any atom is 0.325 e. The van der Waals surface area contributed by atoms with Crippen molar-refractivity contribution in [3.63, 3.8) is 0 Å². The minimum Gasteiger partial charge on any atom is -0.360 e. The Balaban J connectivity index is 1.43. The van der Waals surface area contributed by atoms with Gasteiger partial charge in [-0.25, -0.2) is 4.79 Å². The van der Waals surface area contributed by atoms with Crippen LogP contribution in [0.4, 0.5) is 10.6 Å². The van der Waals surface area contributed by atoms with E-state index in [4.69, 9.17) is 4.52 Å². The number of carbonyl (C=O) groups is 3. The molecule has 4 amide bonds. The minimum atomic E-state index is -0.832. The van der Waals surface area contributed by atoms with Crippen molar-refractivity contribution in [1.82, 2.24) is 20.3 Å². The van der Waals surface area contributed by atoms with E-state index in [1.54, 1.807) is 26.8 Å². The van der Waals surface area contributed by atoms with E-state index in [0.29, 0.717) is 24.7 Å². The molecule has 0 saturated carbocycles. The van der Waals surface area contributed by atoms with Crippen LogP contribution in [0.3, 0.4) is 0 Å². The van der Waals surface area contributed by atoms with Gasteiger partial charge in [-0.2, -0.15) is 0 Å². The van der Waals surface area contributed by atoms with Crippen LogP contribution in [0.1, 0.15) is 32.4 Å². The Labute approximate surface area is 152 Å². The number of nitrogens with zero attached hydrogens (tertiary/aromatic N) is 3. The predicted octanol–water partition coefficient (Wildman–Crippen LogP) is 0.964. The monoisotopic (exact) mass is 363 g/mol. The maximum atomic E-state index is 12.3. The highest BCUT2D eigenvalue weighted by atomic mass is 16.5. The van der Waals surface area contributed by atoms with Crippen molar-refractivity contribution < 1.29 is 18.9 Å². The van der Waals surface area contributed by atoms with Gasteiger partial charge in [-0.15, -0.1) is 0 Å². The summed E-state index contributed by atoms with van der Waals surface area (Å²) in [4.78, 5) is 39.8. The number of aromatic nitrogens is 1. The van der Waals surface area contributed by atoms with Crippen LogP contribution in [0.25, 0.3) is 0 Å². The number of piperidine rings is 1. The molecular formula is C17H25N5O4. The third-order valence-corrected chi connectivity index (χ3v) is 4.92. The minimum absolute atomic E-state index is 0.0474. The van der Waals surface area contributed by atoms with E-state index >= 15 is 0 Å². The first-order valence-electron chi connectivity index (χ1n) is 8.87. The van der Waals surface area contributed by atoms with Gasteiger partial charge in [-0.3, -0.25) is 14.5 Å². The highest BCUT2D eigenvalue weighted by Crippen LogP contribution is 2.21. The average Bonchev–Trinajstić information content (AvgIpc) is 3.07. The third-order valence-electron chi connectivity index (χ3n) is 4.92. The number of rotatable bonds is 5. The van der Waals surface area contributed by atoms with Crippen molar-refractivity contribution in [3.05, 3.63) is 11.8 Å². The second-order valence-corrected chi connectivity index (χ2v) is 7.44. The molecule has 2 saturated heterocycles. The van der Waals surface area contributed by atoms with Gasteiger partial charge in [-0.05, 0) is 46.7 Å². The van der Waals surface area contributed by atoms with Crippen LogP contribution in [-0.2, 0) is 9.59 Å². The van der Waals surface area contributed by atoms with E-state index in [0.717, 1.165) is 25.9 Å². The Morgan fingerprint density at radius 2 is 2.04 bits per heavy atom. The molecule has 2 fully saturated rings. The molecule has 2 aliphatic rings. The molecule has 3 rings (SSSR count). The van der Waals surface area contributed by atoms with E-state index in [1.165, 1.54) is 4.90 Å². The number of hydrogen-bond donors (Lipinski definition) is 2. The summed E-state index contributed by atoms with van der Waals surface area (Å²) in [5.74, 6) is 0.780. The Bertz CT molecular complexity index is 706. The molecular weight excluding hydrogens is 338 g/mol. The van der Waals surface area contributed by atoms with Crippen LogP contribution in [0.2, 0.25) is 0 Å². The third kappa shape index (κ3) is 3.87. The van der Waals surface area contributed by atoms with Crippen molar-refractivity contribution >= 4 is 23.7 Å². The van der Waals surface area contributed by atoms with Gasteiger partial charge >= 0.3 is 6.03 Å². The van der Waals surface area contributed by atoms with Crippen LogP contribution >= 0.6 is 0 Å². The SMILES string of the molecule is Cc1cc(NC(=O)C2CCN(CCN3C(=O)NC(C)(C)C3=O)CC2)no1. The summed E-state index contributed by atoms with van der Waals surface area (Å²) in [6, 6.07) is 1.35. The summed E-state index contributed by atoms with van der Waals surface area (Å²) < 4.78 is 4.94. The lowest BCUT2D eigenvalue weighted by molar-refractivity contribution is -0.130. The number of anilines is 1. The van der Waals surface area contributed by atoms with Crippen molar-refractivity contribution in [1.29, 1.82) is 0 Å². The van der Waals surface area contributed by atoms with E-state index < -0.39 is 5.54 Å². The van der Waals surface area contributed by atoms with Gasteiger partial charge in [0.2, 0.25) is 5.91 Å². The highest BCUT2D eigenvalue weighted by molar-refractivity contribution is 6.06. The molecule has 26 heavy (non-hydrogen) atoms. The molecule has 2 N–H and O–H groups in total. The summed E-state index contributed by atoms with van der Waals surface area (Å²) in [5.41, 5.74) is -0.832. The van der Waals surface area contributed by atoms with E-state index in [9.17, 15) is 14.4 Å². The molecule has 1 aromatic heterocycles. The number of carbonyl (C=O) groups excluding carboxylic acids is 3. The van der Waals surface area contributed by atoms with Gasteiger partial charge in [-0.1, -0.05) is 5.16 Å². The van der Waals surface area contributed by atoms with Gasteiger partial charge in [0.1, 0.15) is 11.3 Å². The number of urea groups is 1. The van der Waals surface area contributed by atoms with E-state index in [2.05, 4.69) is 20.7 Å². The summed E-state index contributed by atoms with van der Waals surface area (Å²) in [6.45, 7) is 7.66. The highest BCUT2D eigenvalue weighted by Gasteiger charge is 2.44. The van der Waals surface area contributed by atoms with Gasteiger partial charge < -0.3 is 20.1 Å². The standard InChI is InChI=1S/C17H25N5O4/c1-11-10-13(20-26-11)18-14(23)12-4-6-21(7-5-12)8-9-22-15(24)17(2,3)19-16(22)25/h10,12H,4-9H2,1-3H3,(H,19,25)(H,18,20,23). The van der Waals surface area contributed by atoms with Crippen LogP contribution in [0, 0.1) is 12.8 Å². The lowest BCUT2D eigenvalue weighted by Crippen LogP contribution is -2.44. The first-order valence-corrected chi connectivity index (χ1v) is 8.87. The normalized spacial score (nSPS) is 21.1. The Kier molecular flexibility index (Phi) is 4.99. The van der Waals surface area contributed by atoms with Crippen LogP contribution < -0.4 is 10.6 Å². The average molecular weight is 363 g/mol. The number of likely N-dealkylation sites (tertiary alicyclic amines) is 1. The molecule has 0 unspecified atom stereocenters. The second-order valence-electron chi connectivity index (χ2n) is 7.44.